The van der Waals surface area contributed by atoms with Crippen LogP contribution in [0.4, 0.5) is 0 Å². The molecule has 8 heteroatoms. The number of likely N-dealkylation sites (tertiary alicyclic amines) is 1. The Hall–Kier alpha value is -2.38. The van der Waals surface area contributed by atoms with Gasteiger partial charge in [-0.3, -0.25) is 9.59 Å². The van der Waals surface area contributed by atoms with Crippen LogP contribution in [0.25, 0.3) is 0 Å². The quantitative estimate of drug-likeness (QED) is 0.831. The Kier molecular flexibility index (Phi) is 4.02. The number of methoxy groups -OCH3 is 2. The lowest BCUT2D eigenvalue weighted by Gasteiger charge is -2.18. The minimum atomic E-state index is -0.899. The van der Waals surface area contributed by atoms with E-state index in [2.05, 4.69) is 9.97 Å². The van der Waals surface area contributed by atoms with Gasteiger partial charge in [0.1, 0.15) is 6.33 Å². The van der Waals surface area contributed by atoms with Gasteiger partial charge in [-0.05, 0) is 6.42 Å². The first-order valence-corrected chi connectivity index (χ1v) is 6.03. The number of hydrogen-bond acceptors (Lipinski definition) is 6. The molecular weight excluding hydrogens is 266 g/mol. The Morgan fingerprint density at radius 3 is 2.35 bits per heavy atom. The molecule has 1 fully saturated rings. The van der Waals surface area contributed by atoms with Crippen molar-refractivity contribution in [2.24, 2.45) is 5.92 Å². The Balaban J connectivity index is 2.28. The largest absolute Gasteiger partial charge is 0.481 e. The van der Waals surface area contributed by atoms with Crippen LogP contribution in [0.2, 0.25) is 0 Å². The molecule has 0 radical (unpaired) electrons. The number of nitrogens with zero attached hydrogens (tertiary/aromatic N) is 3. The van der Waals surface area contributed by atoms with E-state index in [-0.39, 0.29) is 29.8 Å². The summed E-state index contributed by atoms with van der Waals surface area (Å²) in [5.41, 5.74) is 0.114. The maximum absolute atomic E-state index is 12.5. The van der Waals surface area contributed by atoms with Crippen LogP contribution in [0.3, 0.4) is 0 Å². The Morgan fingerprint density at radius 1 is 1.30 bits per heavy atom. The number of carbonyl (C=O) groups excluding carboxylic acids is 1. The van der Waals surface area contributed by atoms with Gasteiger partial charge in [-0.2, -0.15) is 0 Å². The summed E-state index contributed by atoms with van der Waals surface area (Å²) in [4.78, 5) is 32.6. The lowest BCUT2D eigenvalue weighted by atomic mass is 10.1. The maximum atomic E-state index is 12.5. The molecule has 1 aromatic heterocycles. The predicted octanol–water partition coefficient (Wildman–Crippen LogP) is 0.0405. The highest BCUT2D eigenvalue weighted by Gasteiger charge is 2.34. The van der Waals surface area contributed by atoms with E-state index in [0.717, 1.165) is 0 Å². The van der Waals surface area contributed by atoms with E-state index in [1.807, 2.05) is 0 Å². The summed E-state index contributed by atoms with van der Waals surface area (Å²) < 4.78 is 10.1. The summed E-state index contributed by atoms with van der Waals surface area (Å²) in [7, 11) is 2.78. The molecule has 1 aliphatic heterocycles. The molecule has 1 saturated heterocycles. The van der Waals surface area contributed by atoms with E-state index in [9.17, 15) is 9.59 Å². The molecule has 0 unspecified atom stereocenters. The van der Waals surface area contributed by atoms with Gasteiger partial charge in [-0.15, -0.1) is 0 Å². The highest BCUT2D eigenvalue weighted by molar-refractivity contribution is 5.99. The molecule has 20 heavy (non-hydrogen) atoms. The zero-order chi connectivity index (χ0) is 14.7. The number of aliphatic carboxylic acids is 1. The van der Waals surface area contributed by atoms with E-state index in [1.165, 1.54) is 25.4 Å². The molecule has 0 saturated carbocycles. The number of ether oxygens (including phenoxy) is 2. The van der Waals surface area contributed by atoms with Crippen molar-refractivity contribution in [2.75, 3.05) is 27.3 Å². The van der Waals surface area contributed by atoms with Crippen molar-refractivity contribution in [1.29, 1.82) is 0 Å². The van der Waals surface area contributed by atoms with Crippen LogP contribution in [-0.2, 0) is 4.79 Å². The minimum absolute atomic E-state index is 0.112. The molecule has 1 aromatic rings. The van der Waals surface area contributed by atoms with Crippen molar-refractivity contribution >= 4 is 11.9 Å². The highest BCUT2D eigenvalue weighted by atomic mass is 16.5. The zero-order valence-corrected chi connectivity index (χ0v) is 11.2. The lowest BCUT2D eigenvalue weighted by molar-refractivity contribution is -0.141. The van der Waals surface area contributed by atoms with E-state index in [4.69, 9.17) is 14.6 Å². The Labute approximate surface area is 115 Å². The first kappa shape index (κ1) is 14.0. The molecule has 108 valence electrons. The summed E-state index contributed by atoms with van der Waals surface area (Å²) in [6.07, 6.45) is 1.66. The van der Waals surface area contributed by atoms with Gasteiger partial charge in [-0.1, -0.05) is 0 Å². The third-order valence-electron chi connectivity index (χ3n) is 3.20. The second kappa shape index (κ2) is 5.72. The number of carboxylic acid groups (broad SMARTS) is 1. The molecular formula is C12H15N3O5. The Bertz CT molecular complexity index is 512. The van der Waals surface area contributed by atoms with Gasteiger partial charge < -0.3 is 19.5 Å². The van der Waals surface area contributed by atoms with Crippen LogP contribution in [0, 0.1) is 5.92 Å². The summed E-state index contributed by atoms with van der Waals surface area (Å²) in [5.74, 6) is -1.60. The van der Waals surface area contributed by atoms with Crippen LogP contribution in [-0.4, -0.2) is 59.2 Å². The van der Waals surface area contributed by atoms with Gasteiger partial charge in [0, 0.05) is 13.1 Å². The number of hydrogen-bond donors (Lipinski definition) is 1. The van der Waals surface area contributed by atoms with Crippen molar-refractivity contribution in [3.8, 4) is 11.8 Å². The van der Waals surface area contributed by atoms with Gasteiger partial charge in [0.25, 0.3) is 5.91 Å². The van der Waals surface area contributed by atoms with E-state index >= 15 is 0 Å². The topological polar surface area (TPSA) is 102 Å². The van der Waals surface area contributed by atoms with E-state index in [0.29, 0.717) is 13.0 Å². The van der Waals surface area contributed by atoms with Crippen LogP contribution < -0.4 is 9.47 Å². The summed E-state index contributed by atoms with van der Waals surface area (Å²) in [5, 5.41) is 8.97. The Morgan fingerprint density at radius 2 is 1.90 bits per heavy atom. The molecule has 1 aliphatic rings. The smallest absolute Gasteiger partial charge is 0.308 e. The fourth-order valence-corrected chi connectivity index (χ4v) is 2.15. The first-order valence-electron chi connectivity index (χ1n) is 6.03. The third kappa shape index (κ3) is 2.49. The van der Waals surface area contributed by atoms with E-state index < -0.39 is 11.9 Å². The lowest BCUT2D eigenvalue weighted by Crippen LogP contribution is -2.31. The molecule has 1 amide bonds. The average Bonchev–Trinajstić information content (AvgIpc) is 2.95. The van der Waals surface area contributed by atoms with Crippen LogP contribution in [0.15, 0.2) is 6.33 Å². The monoisotopic (exact) mass is 281 g/mol. The second-order valence-corrected chi connectivity index (χ2v) is 4.34. The normalized spacial score (nSPS) is 17.9. The third-order valence-corrected chi connectivity index (χ3v) is 3.20. The molecule has 1 atom stereocenters. The molecule has 0 aliphatic carbocycles. The molecule has 1 N–H and O–H groups in total. The molecule has 0 spiro atoms. The number of aromatic nitrogens is 2. The summed E-state index contributed by atoms with van der Waals surface area (Å²) in [6.45, 7) is 0.534. The first-order chi connectivity index (χ1) is 9.58. The summed E-state index contributed by atoms with van der Waals surface area (Å²) in [6, 6.07) is 0. The predicted molar refractivity (Wildman–Crippen MR) is 66.8 cm³/mol. The summed E-state index contributed by atoms with van der Waals surface area (Å²) >= 11 is 0. The molecule has 2 heterocycles. The van der Waals surface area contributed by atoms with Crippen LogP contribution >= 0.6 is 0 Å². The average molecular weight is 281 g/mol. The zero-order valence-electron chi connectivity index (χ0n) is 11.2. The minimum Gasteiger partial charge on any atom is -0.481 e. The van der Waals surface area contributed by atoms with Gasteiger partial charge >= 0.3 is 5.97 Å². The van der Waals surface area contributed by atoms with Gasteiger partial charge in [-0.25, -0.2) is 9.97 Å². The molecule has 2 rings (SSSR count). The second-order valence-electron chi connectivity index (χ2n) is 4.34. The SMILES string of the molecule is COc1ncnc(OC)c1C(=O)N1CC[C@H](C(=O)O)C1. The van der Waals surface area contributed by atoms with E-state index in [1.54, 1.807) is 0 Å². The van der Waals surface area contributed by atoms with Crippen molar-refractivity contribution in [3.63, 3.8) is 0 Å². The number of amides is 1. The fraction of sp³-hybridized carbons (Fsp3) is 0.500. The number of carbonyl (C=O) groups is 2. The molecule has 0 bridgehead atoms. The highest BCUT2D eigenvalue weighted by Crippen LogP contribution is 2.27. The van der Waals surface area contributed by atoms with Crippen molar-refractivity contribution in [1.82, 2.24) is 14.9 Å². The van der Waals surface area contributed by atoms with Crippen molar-refractivity contribution < 1.29 is 24.2 Å². The maximum Gasteiger partial charge on any atom is 0.308 e. The van der Waals surface area contributed by atoms with Gasteiger partial charge in [0.2, 0.25) is 11.8 Å². The number of carboxylic acids is 1. The molecule has 0 aromatic carbocycles. The van der Waals surface area contributed by atoms with Gasteiger partial charge in [0.15, 0.2) is 5.56 Å². The van der Waals surface area contributed by atoms with Crippen LogP contribution in [0.5, 0.6) is 11.8 Å². The standard InChI is InChI=1S/C12H15N3O5/c1-19-9-8(10(20-2)14-6-13-9)11(16)15-4-3-7(5-15)12(17)18/h6-7H,3-5H2,1-2H3,(H,17,18)/t7-/m0/s1. The van der Waals surface area contributed by atoms with Crippen molar-refractivity contribution in [2.45, 2.75) is 6.42 Å². The van der Waals surface area contributed by atoms with Crippen molar-refractivity contribution in [3.05, 3.63) is 11.9 Å². The fourth-order valence-electron chi connectivity index (χ4n) is 2.15. The van der Waals surface area contributed by atoms with Gasteiger partial charge in [0.05, 0.1) is 20.1 Å². The number of rotatable bonds is 4. The molecule has 8 nitrogen and oxygen atoms in total. The van der Waals surface area contributed by atoms with Crippen LogP contribution in [0.1, 0.15) is 16.8 Å².